The number of hydrogen-bond donors (Lipinski definition) is 5. The minimum Gasteiger partial charge on any atom is -0.481 e. The summed E-state index contributed by atoms with van der Waals surface area (Å²) in [6.45, 7) is 0.540. The van der Waals surface area contributed by atoms with Gasteiger partial charge in [0.2, 0.25) is 5.91 Å². The smallest absolute Gasteiger partial charge is 0.305 e. The van der Waals surface area contributed by atoms with Gasteiger partial charge in [0.15, 0.2) is 0 Å². The van der Waals surface area contributed by atoms with Crippen LogP contribution >= 0.6 is 0 Å². The lowest BCUT2D eigenvalue weighted by atomic mass is 10.1. The molecule has 1 unspecified atom stereocenters. The van der Waals surface area contributed by atoms with E-state index in [1.165, 1.54) is 6.21 Å². The van der Waals surface area contributed by atoms with Crippen molar-refractivity contribution in [2.75, 3.05) is 5.32 Å². The van der Waals surface area contributed by atoms with E-state index in [1.54, 1.807) is 18.2 Å². The van der Waals surface area contributed by atoms with Crippen molar-refractivity contribution in [3.63, 3.8) is 0 Å². The van der Waals surface area contributed by atoms with Gasteiger partial charge in [-0.25, -0.2) is 0 Å². The zero-order valence-corrected chi connectivity index (χ0v) is 15.5. The number of carboxylic acids is 1. The Morgan fingerprint density at radius 1 is 1.28 bits per heavy atom. The second-order valence-corrected chi connectivity index (χ2v) is 6.54. The number of hydrazone groups is 1. The van der Waals surface area contributed by atoms with Crippen LogP contribution in [0.3, 0.4) is 0 Å². The molecule has 0 saturated carbocycles. The normalized spacial score (nSPS) is 15.7. The Bertz CT molecular complexity index is 973. The summed E-state index contributed by atoms with van der Waals surface area (Å²) < 4.78 is 0. The molecule has 0 aromatic heterocycles. The molecule has 1 atom stereocenters. The second kappa shape index (κ2) is 8.87. The Balaban J connectivity index is 1.75. The maximum Gasteiger partial charge on any atom is 0.305 e. The highest BCUT2D eigenvalue weighted by atomic mass is 16.4. The van der Waals surface area contributed by atoms with Crippen molar-refractivity contribution in [1.29, 1.82) is 0 Å². The monoisotopic (exact) mass is 395 g/mol. The van der Waals surface area contributed by atoms with Gasteiger partial charge in [0.1, 0.15) is 6.04 Å². The number of nitrogens with zero attached hydrogens (tertiary/aromatic N) is 1. The number of hydrogen-bond acceptors (Lipinski definition) is 6. The lowest BCUT2D eigenvalue weighted by Crippen LogP contribution is -2.38. The summed E-state index contributed by atoms with van der Waals surface area (Å²) in [4.78, 5) is 35.7. The van der Waals surface area contributed by atoms with Crippen LogP contribution in [0, 0.1) is 0 Å². The van der Waals surface area contributed by atoms with Crippen LogP contribution in [0.2, 0.25) is 0 Å². The lowest BCUT2D eigenvalue weighted by molar-refractivity contribution is -0.139. The molecule has 2 aromatic carbocycles. The Morgan fingerprint density at radius 3 is 2.83 bits per heavy atom. The molecule has 150 valence electrons. The molecular weight excluding hydrogens is 374 g/mol. The van der Waals surface area contributed by atoms with Crippen LogP contribution in [-0.2, 0) is 22.7 Å². The van der Waals surface area contributed by atoms with Crippen molar-refractivity contribution < 1.29 is 19.5 Å². The summed E-state index contributed by atoms with van der Waals surface area (Å²) in [5, 5.41) is 21.0. The number of carbonyl (C=O) groups excluding carboxylic acids is 2. The summed E-state index contributed by atoms with van der Waals surface area (Å²) >= 11 is 0. The number of carboxylic acid groups (broad SMARTS) is 1. The molecule has 0 saturated heterocycles. The molecular formula is C20H21N5O4. The van der Waals surface area contributed by atoms with Crippen LogP contribution in [0.25, 0.3) is 0 Å². The summed E-state index contributed by atoms with van der Waals surface area (Å²) in [5.41, 5.74) is 3.38. The van der Waals surface area contributed by atoms with Crippen molar-refractivity contribution in [3.05, 3.63) is 64.7 Å². The number of nitrogens with one attached hydrogen (secondary N) is 3. The Hall–Kier alpha value is -3.88. The number of amides is 2. The van der Waals surface area contributed by atoms with Crippen molar-refractivity contribution >= 4 is 29.7 Å². The van der Waals surface area contributed by atoms with Crippen LogP contribution in [0.15, 0.2) is 47.6 Å². The number of aliphatic carboxylic acids is 1. The maximum atomic E-state index is 12.6. The SMILES string of the molecule is NN=Cc1ccccc1CNC(=O)c1ccc2c(c1)NC(CC(=O)O)C(=O)NC2. The fraction of sp³-hybridized carbons (Fsp3) is 0.200. The van der Waals surface area contributed by atoms with E-state index in [0.29, 0.717) is 11.3 Å². The Kier molecular flexibility index (Phi) is 6.08. The first-order chi connectivity index (χ1) is 14.0. The quantitative estimate of drug-likeness (QED) is 0.278. The summed E-state index contributed by atoms with van der Waals surface area (Å²) in [6.07, 6.45) is 1.15. The largest absolute Gasteiger partial charge is 0.481 e. The third kappa shape index (κ3) is 4.89. The zero-order valence-electron chi connectivity index (χ0n) is 15.5. The van der Waals surface area contributed by atoms with Gasteiger partial charge < -0.3 is 26.9 Å². The molecule has 0 radical (unpaired) electrons. The number of benzene rings is 2. The molecule has 3 rings (SSSR count). The topological polar surface area (TPSA) is 146 Å². The molecule has 9 heteroatoms. The van der Waals surface area contributed by atoms with Crippen LogP contribution in [-0.4, -0.2) is 35.1 Å². The van der Waals surface area contributed by atoms with Crippen molar-refractivity contribution in [2.45, 2.75) is 25.6 Å². The van der Waals surface area contributed by atoms with Crippen LogP contribution < -0.4 is 21.8 Å². The van der Waals surface area contributed by atoms with Gasteiger partial charge in [-0.15, -0.1) is 0 Å². The molecule has 0 spiro atoms. The molecule has 2 amide bonds. The standard InChI is InChI=1S/C20H21N5O4/c21-24-11-14-4-2-1-3-13(14)9-22-19(28)12-5-6-15-10-23-20(29)17(8-18(26)27)25-16(15)7-12/h1-7,11,17,25H,8-10,21H2,(H,22,28)(H,23,29)(H,26,27). The van der Waals surface area contributed by atoms with Crippen molar-refractivity contribution in [1.82, 2.24) is 10.6 Å². The molecule has 6 N–H and O–H groups in total. The molecule has 1 aliphatic rings. The lowest BCUT2D eigenvalue weighted by Gasteiger charge is -2.15. The third-order valence-electron chi connectivity index (χ3n) is 4.56. The average Bonchev–Trinajstić information content (AvgIpc) is 2.85. The number of nitrogens with two attached hydrogens (primary N) is 1. The number of fused-ring (bicyclic) bond motifs is 1. The van der Waals surface area contributed by atoms with E-state index in [4.69, 9.17) is 10.9 Å². The van der Waals surface area contributed by atoms with Gasteiger partial charge in [0.05, 0.1) is 12.6 Å². The van der Waals surface area contributed by atoms with E-state index in [2.05, 4.69) is 21.1 Å². The first kappa shape index (κ1) is 19.9. The third-order valence-corrected chi connectivity index (χ3v) is 4.56. The molecule has 0 aliphatic carbocycles. The van der Waals surface area contributed by atoms with E-state index in [0.717, 1.165) is 16.7 Å². The summed E-state index contributed by atoms with van der Waals surface area (Å²) in [6, 6.07) is 11.5. The van der Waals surface area contributed by atoms with E-state index >= 15 is 0 Å². The second-order valence-electron chi connectivity index (χ2n) is 6.54. The summed E-state index contributed by atoms with van der Waals surface area (Å²) in [7, 11) is 0. The molecule has 29 heavy (non-hydrogen) atoms. The Morgan fingerprint density at radius 2 is 2.07 bits per heavy atom. The average molecular weight is 395 g/mol. The van der Waals surface area contributed by atoms with Gasteiger partial charge in [-0.1, -0.05) is 30.3 Å². The highest BCUT2D eigenvalue weighted by molar-refractivity contribution is 5.96. The van der Waals surface area contributed by atoms with E-state index in [-0.39, 0.29) is 25.4 Å². The first-order valence-electron chi connectivity index (χ1n) is 8.96. The number of rotatable bonds is 6. The fourth-order valence-corrected chi connectivity index (χ4v) is 3.06. The summed E-state index contributed by atoms with van der Waals surface area (Å²) in [5.74, 6) is 3.43. The Labute approximate surface area is 167 Å². The molecule has 9 nitrogen and oxygen atoms in total. The zero-order chi connectivity index (χ0) is 20.8. The van der Waals surface area contributed by atoms with Gasteiger partial charge in [-0.2, -0.15) is 5.10 Å². The van der Waals surface area contributed by atoms with Gasteiger partial charge in [0, 0.05) is 24.3 Å². The highest BCUT2D eigenvalue weighted by Gasteiger charge is 2.25. The van der Waals surface area contributed by atoms with Crippen LogP contribution in [0.1, 0.15) is 33.5 Å². The predicted octanol–water partition coefficient (Wildman–Crippen LogP) is 0.794. The molecule has 1 heterocycles. The number of carbonyl (C=O) groups is 3. The van der Waals surface area contributed by atoms with Gasteiger partial charge in [-0.3, -0.25) is 14.4 Å². The maximum absolute atomic E-state index is 12.6. The molecule has 1 aliphatic heterocycles. The van der Waals surface area contributed by atoms with Crippen molar-refractivity contribution in [2.24, 2.45) is 10.9 Å². The first-order valence-corrected chi connectivity index (χ1v) is 8.96. The molecule has 0 fully saturated rings. The molecule has 2 aromatic rings. The minimum atomic E-state index is -1.09. The van der Waals surface area contributed by atoms with Gasteiger partial charge in [0.25, 0.3) is 5.91 Å². The minimum absolute atomic E-state index is 0.255. The highest BCUT2D eigenvalue weighted by Crippen LogP contribution is 2.22. The van der Waals surface area contributed by atoms with Crippen LogP contribution in [0.4, 0.5) is 5.69 Å². The molecule has 0 bridgehead atoms. The van der Waals surface area contributed by atoms with Gasteiger partial charge in [-0.05, 0) is 28.8 Å². The van der Waals surface area contributed by atoms with Gasteiger partial charge >= 0.3 is 5.97 Å². The number of anilines is 1. The fourth-order valence-electron chi connectivity index (χ4n) is 3.06. The van der Waals surface area contributed by atoms with E-state index in [9.17, 15) is 14.4 Å². The van der Waals surface area contributed by atoms with E-state index < -0.39 is 17.9 Å². The van der Waals surface area contributed by atoms with Crippen molar-refractivity contribution in [3.8, 4) is 0 Å². The van der Waals surface area contributed by atoms with Crippen LogP contribution in [0.5, 0.6) is 0 Å². The van der Waals surface area contributed by atoms with E-state index in [1.807, 2.05) is 24.3 Å². The predicted molar refractivity (Wildman–Crippen MR) is 107 cm³/mol.